The maximum atomic E-state index is 12.3. The second kappa shape index (κ2) is 7.33. The van der Waals surface area contributed by atoms with Crippen LogP contribution in [-0.2, 0) is 4.79 Å². The van der Waals surface area contributed by atoms with E-state index >= 15 is 0 Å². The molecule has 23 heavy (non-hydrogen) atoms. The van der Waals surface area contributed by atoms with E-state index in [0.717, 1.165) is 4.47 Å². The number of nitrogens with one attached hydrogen (secondary N) is 1. The lowest BCUT2D eigenvalue weighted by atomic mass is 9.96. The van der Waals surface area contributed by atoms with Crippen LogP contribution in [0.25, 0.3) is 0 Å². The fourth-order valence-corrected chi connectivity index (χ4v) is 2.88. The summed E-state index contributed by atoms with van der Waals surface area (Å²) in [4.78, 5) is 24.8. The van der Waals surface area contributed by atoms with E-state index in [1.807, 2.05) is 11.4 Å². The Bertz CT molecular complexity index is 584. The molecule has 0 radical (unpaired) electrons. The Morgan fingerprint density at radius 2 is 1.91 bits per heavy atom. The van der Waals surface area contributed by atoms with Crippen LogP contribution >= 0.6 is 15.9 Å². The smallest absolute Gasteiger partial charge is 0.348 e. The summed E-state index contributed by atoms with van der Waals surface area (Å²) in [5.41, 5.74) is 0.572. The maximum absolute atomic E-state index is 12.3. The molecule has 1 heterocycles. The van der Waals surface area contributed by atoms with Crippen molar-refractivity contribution in [2.45, 2.75) is 19.0 Å². The van der Waals surface area contributed by atoms with Gasteiger partial charge in [0.1, 0.15) is 0 Å². The first-order valence-corrected chi connectivity index (χ1v) is 7.96. The van der Waals surface area contributed by atoms with Crippen LogP contribution in [0, 0.1) is 5.92 Å². The van der Waals surface area contributed by atoms with Crippen molar-refractivity contribution < 1.29 is 22.8 Å². The van der Waals surface area contributed by atoms with Crippen molar-refractivity contribution in [3.63, 3.8) is 0 Å². The summed E-state index contributed by atoms with van der Waals surface area (Å²) in [5, 5.41) is 1.90. The molecule has 1 N–H and O–H groups in total. The maximum Gasteiger partial charge on any atom is 0.471 e. The number of hydrogen-bond donors (Lipinski definition) is 1. The van der Waals surface area contributed by atoms with Crippen molar-refractivity contribution in [3.8, 4) is 0 Å². The Balaban J connectivity index is 1.82. The number of carbonyl (C=O) groups excluding carboxylic acids is 2. The van der Waals surface area contributed by atoms with Gasteiger partial charge in [-0.15, -0.1) is 0 Å². The van der Waals surface area contributed by atoms with Gasteiger partial charge in [-0.05, 0) is 37.0 Å². The molecule has 1 aromatic carbocycles. The zero-order chi connectivity index (χ0) is 17.0. The first-order valence-electron chi connectivity index (χ1n) is 7.17. The van der Waals surface area contributed by atoms with Gasteiger partial charge in [-0.2, -0.15) is 13.2 Å². The zero-order valence-electron chi connectivity index (χ0n) is 12.2. The molecule has 8 heteroatoms. The molecule has 1 aliphatic rings. The molecule has 0 aromatic heterocycles. The van der Waals surface area contributed by atoms with Crippen LogP contribution in [0.5, 0.6) is 0 Å². The SMILES string of the molecule is O=C(c1cccc(Br)c1)N1CCC(CNC(=O)C(F)(F)F)CC1. The predicted octanol–water partition coefficient (Wildman–Crippen LogP) is 2.98. The minimum Gasteiger partial charge on any atom is -0.348 e. The fourth-order valence-electron chi connectivity index (χ4n) is 2.48. The number of benzene rings is 1. The highest BCUT2D eigenvalue weighted by Crippen LogP contribution is 2.21. The molecule has 1 fully saturated rings. The highest BCUT2D eigenvalue weighted by Gasteiger charge is 2.38. The van der Waals surface area contributed by atoms with E-state index in [4.69, 9.17) is 0 Å². The Morgan fingerprint density at radius 3 is 2.48 bits per heavy atom. The molecule has 0 bridgehead atoms. The summed E-state index contributed by atoms with van der Waals surface area (Å²) in [6, 6.07) is 7.06. The number of piperidine rings is 1. The Hall–Kier alpha value is -1.57. The standard InChI is InChI=1S/C15H16BrF3N2O2/c16-12-3-1-2-11(8-12)13(22)21-6-4-10(5-7-21)9-20-14(23)15(17,18)19/h1-3,8,10H,4-7,9H2,(H,20,23). The van der Waals surface area contributed by atoms with Crippen LogP contribution in [0.1, 0.15) is 23.2 Å². The number of amides is 2. The van der Waals surface area contributed by atoms with Gasteiger partial charge in [0.25, 0.3) is 5.91 Å². The Morgan fingerprint density at radius 1 is 1.26 bits per heavy atom. The van der Waals surface area contributed by atoms with Crippen molar-refractivity contribution in [3.05, 3.63) is 34.3 Å². The van der Waals surface area contributed by atoms with Crippen molar-refractivity contribution >= 4 is 27.7 Å². The van der Waals surface area contributed by atoms with E-state index in [1.54, 1.807) is 23.1 Å². The van der Waals surface area contributed by atoms with E-state index in [0.29, 0.717) is 31.5 Å². The highest BCUT2D eigenvalue weighted by atomic mass is 79.9. The third-order valence-electron chi connectivity index (χ3n) is 3.78. The number of nitrogens with zero attached hydrogens (tertiary/aromatic N) is 1. The molecule has 0 unspecified atom stereocenters. The average Bonchev–Trinajstić information content (AvgIpc) is 2.51. The summed E-state index contributed by atoms with van der Waals surface area (Å²) < 4.78 is 37.2. The lowest BCUT2D eigenvalue weighted by molar-refractivity contribution is -0.173. The molecule has 1 aromatic rings. The number of hydrogen-bond acceptors (Lipinski definition) is 2. The molecule has 1 aliphatic heterocycles. The second-order valence-corrected chi connectivity index (χ2v) is 6.37. The molecule has 2 rings (SSSR count). The van der Waals surface area contributed by atoms with E-state index in [9.17, 15) is 22.8 Å². The van der Waals surface area contributed by atoms with E-state index in [-0.39, 0.29) is 18.4 Å². The van der Waals surface area contributed by atoms with E-state index in [1.165, 1.54) is 0 Å². The van der Waals surface area contributed by atoms with Crippen molar-refractivity contribution in [2.24, 2.45) is 5.92 Å². The first-order chi connectivity index (χ1) is 10.8. The highest BCUT2D eigenvalue weighted by molar-refractivity contribution is 9.10. The zero-order valence-corrected chi connectivity index (χ0v) is 13.8. The Labute approximate surface area is 140 Å². The molecule has 1 saturated heterocycles. The Kier molecular flexibility index (Phi) is 5.67. The number of likely N-dealkylation sites (tertiary alicyclic amines) is 1. The van der Waals surface area contributed by atoms with E-state index in [2.05, 4.69) is 15.9 Å². The van der Waals surface area contributed by atoms with Crippen molar-refractivity contribution in [1.29, 1.82) is 0 Å². The number of carbonyl (C=O) groups is 2. The minimum absolute atomic E-state index is 0.0166. The molecule has 0 aliphatic carbocycles. The molecular weight excluding hydrogens is 377 g/mol. The third-order valence-corrected chi connectivity index (χ3v) is 4.28. The second-order valence-electron chi connectivity index (χ2n) is 5.45. The van der Waals surface area contributed by atoms with Crippen molar-refractivity contribution in [2.75, 3.05) is 19.6 Å². The molecular formula is C15H16BrF3N2O2. The number of rotatable bonds is 3. The summed E-state index contributed by atoms with van der Waals surface area (Å²) in [5.74, 6) is -2.05. The van der Waals surface area contributed by atoms with Crippen LogP contribution in [0.3, 0.4) is 0 Å². The lowest BCUT2D eigenvalue weighted by Gasteiger charge is -2.32. The normalized spacial score (nSPS) is 16.3. The molecule has 2 amide bonds. The topological polar surface area (TPSA) is 49.4 Å². The van der Waals surface area contributed by atoms with Crippen molar-refractivity contribution in [1.82, 2.24) is 10.2 Å². The molecule has 4 nitrogen and oxygen atoms in total. The van der Waals surface area contributed by atoms with Gasteiger partial charge in [-0.25, -0.2) is 0 Å². The van der Waals surface area contributed by atoms with Gasteiger partial charge in [0.2, 0.25) is 0 Å². The summed E-state index contributed by atoms with van der Waals surface area (Å²) in [7, 11) is 0. The van der Waals surface area contributed by atoms with Gasteiger partial charge < -0.3 is 10.2 Å². The van der Waals surface area contributed by atoms with Gasteiger partial charge in [0, 0.05) is 29.7 Å². The van der Waals surface area contributed by atoms with E-state index < -0.39 is 12.1 Å². The molecule has 126 valence electrons. The first kappa shape index (κ1) is 17.8. The fraction of sp³-hybridized carbons (Fsp3) is 0.467. The van der Waals surface area contributed by atoms with Gasteiger partial charge in [-0.1, -0.05) is 22.0 Å². The van der Waals surface area contributed by atoms with Crippen LogP contribution in [-0.4, -0.2) is 42.5 Å². The van der Waals surface area contributed by atoms with Crippen LogP contribution < -0.4 is 5.32 Å². The van der Waals surface area contributed by atoms with Crippen LogP contribution in [0.15, 0.2) is 28.7 Å². The monoisotopic (exact) mass is 392 g/mol. The van der Waals surface area contributed by atoms with Gasteiger partial charge in [-0.3, -0.25) is 9.59 Å². The van der Waals surface area contributed by atoms with Gasteiger partial charge in [0.05, 0.1) is 0 Å². The largest absolute Gasteiger partial charge is 0.471 e. The quantitative estimate of drug-likeness (QED) is 0.859. The van der Waals surface area contributed by atoms with Crippen LogP contribution in [0.4, 0.5) is 13.2 Å². The lowest BCUT2D eigenvalue weighted by Crippen LogP contribution is -2.44. The number of alkyl halides is 3. The molecule has 0 saturated carbocycles. The third kappa shape index (κ3) is 4.95. The molecule has 0 atom stereocenters. The predicted molar refractivity (Wildman–Crippen MR) is 81.8 cm³/mol. The summed E-state index contributed by atoms with van der Waals surface area (Å²) in [6.45, 7) is 0.924. The summed E-state index contributed by atoms with van der Waals surface area (Å²) >= 11 is 3.31. The molecule has 0 spiro atoms. The van der Waals surface area contributed by atoms with Crippen LogP contribution in [0.2, 0.25) is 0 Å². The van der Waals surface area contributed by atoms with Gasteiger partial charge in [0.15, 0.2) is 0 Å². The van der Waals surface area contributed by atoms with Gasteiger partial charge >= 0.3 is 12.1 Å². The summed E-state index contributed by atoms with van der Waals surface area (Å²) in [6.07, 6.45) is -3.72. The number of halogens is 4. The minimum atomic E-state index is -4.85. The average molecular weight is 393 g/mol.